The summed E-state index contributed by atoms with van der Waals surface area (Å²) in [6.07, 6.45) is 1.61. The van der Waals surface area contributed by atoms with E-state index in [1.807, 2.05) is 44.2 Å². The van der Waals surface area contributed by atoms with Gasteiger partial charge in [0, 0.05) is 19.2 Å². The number of carboxylic acid groups (broad SMARTS) is 1. The minimum Gasteiger partial charge on any atom is -0.480 e. The van der Waals surface area contributed by atoms with E-state index in [2.05, 4.69) is 10.6 Å². The normalized spacial score (nSPS) is 13.9. The van der Waals surface area contributed by atoms with Gasteiger partial charge in [-0.25, -0.2) is 9.59 Å². The van der Waals surface area contributed by atoms with Crippen LogP contribution in [0.1, 0.15) is 46.6 Å². The lowest BCUT2D eigenvalue weighted by atomic mass is 10.00. The van der Waals surface area contributed by atoms with Crippen LogP contribution in [-0.4, -0.2) is 76.7 Å². The van der Waals surface area contributed by atoms with E-state index in [0.717, 1.165) is 5.56 Å². The number of carbonyl (C=O) groups is 4. The van der Waals surface area contributed by atoms with E-state index in [-0.39, 0.29) is 18.1 Å². The van der Waals surface area contributed by atoms with Crippen LogP contribution in [0.5, 0.6) is 0 Å². The van der Waals surface area contributed by atoms with Crippen molar-refractivity contribution in [3.8, 4) is 0 Å². The molecule has 3 atom stereocenters. The van der Waals surface area contributed by atoms with Gasteiger partial charge in [0.1, 0.15) is 23.7 Å². The van der Waals surface area contributed by atoms with Crippen molar-refractivity contribution in [1.82, 2.24) is 15.5 Å². The summed E-state index contributed by atoms with van der Waals surface area (Å²) in [5.74, 6) is -2.01. The van der Waals surface area contributed by atoms with Gasteiger partial charge in [-0.2, -0.15) is 11.8 Å². The van der Waals surface area contributed by atoms with Crippen molar-refractivity contribution >= 4 is 35.6 Å². The highest BCUT2D eigenvalue weighted by molar-refractivity contribution is 7.98. The second-order valence-electron chi connectivity index (χ2n) is 9.84. The molecule has 10 heteroatoms. The number of carbonyl (C=O) groups excluding carboxylic acids is 3. The number of hydrogen-bond acceptors (Lipinski definition) is 6. The minimum absolute atomic E-state index is 0.0787. The number of hydrogen-bond donors (Lipinski definition) is 3. The molecule has 0 spiro atoms. The van der Waals surface area contributed by atoms with Gasteiger partial charge in [-0.1, -0.05) is 44.2 Å². The summed E-state index contributed by atoms with van der Waals surface area (Å²) in [4.78, 5) is 52.0. The van der Waals surface area contributed by atoms with E-state index in [4.69, 9.17) is 4.74 Å². The van der Waals surface area contributed by atoms with Crippen molar-refractivity contribution in [2.75, 3.05) is 19.1 Å². The summed E-state index contributed by atoms with van der Waals surface area (Å²) >= 11 is 1.29. The number of ether oxygens (including phenoxy) is 1. The zero-order valence-electron chi connectivity index (χ0n) is 21.7. The number of likely N-dealkylation sites (N-methyl/N-ethyl adjacent to an activating group) is 1. The van der Waals surface area contributed by atoms with Crippen molar-refractivity contribution in [3.63, 3.8) is 0 Å². The molecule has 3 N–H and O–H groups in total. The molecule has 0 bridgehead atoms. The highest BCUT2D eigenvalue weighted by Gasteiger charge is 2.34. The predicted octanol–water partition coefficient (Wildman–Crippen LogP) is 2.93. The lowest BCUT2D eigenvalue weighted by Gasteiger charge is -2.32. The van der Waals surface area contributed by atoms with E-state index < -0.39 is 47.6 Å². The Morgan fingerprint density at radius 1 is 1.03 bits per heavy atom. The Morgan fingerprint density at radius 3 is 2.09 bits per heavy atom. The number of thioether (sulfide) groups is 1. The molecule has 196 valence electrons. The highest BCUT2D eigenvalue weighted by Crippen LogP contribution is 2.16. The number of nitrogens with zero attached hydrogens (tertiary/aromatic N) is 1. The molecule has 35 heavy (non-hydrogen) atoms. The number of amides is 3. The summed E-state index contributed by atoms with van der Waals surface area (Å²) in [7, 11) is 1.49. The molecule has 0 heterocycles. The first-order chi connectivity index (χ1) is 16.2. The zero-order valence-corrected chi connectivity index (χ0v) is 22.5. The Hall–Kier alpha value is -2.75. The molecule has 1 rings (SSSR count). The van der Waals surface area contributed by atoms with Gasteiger partial charge >= 0.3 is 12.1 Å². The van der Waals surface area contributed by atoms with Crippen molar-refractivity contribution < 1.29 is 29.0 Å². The van der Waals surface area contributed by atoms with Gasteiger partial charge in [0.2, 0.25) is 11.8 Å². The quantitative estimate of drug-likeness (QED) is 0.396. The number of rotatable bonds is 12. The Balaban J connectivity index is 3.18. The molecule has 0 aromatic heterocycles. The van der Waals surface area contributed by atoms with Gasteiger partial charge in [-0.05, 0) is 44.9 Å². The number of nitrogens with one attached hydrogen (secondary N) is 2. The number of carboxylic acids is 1. The smallest absolute Gasteiger partial charge is 0.410 e. The molecule has 0 aliphatic carbocycles. The predicted molar refractivity (Wildman–Crippen MR) is 137 cm³/mol. The maximum atomic E-state index is 13.4. The first-order valence-electron chi connectivity index (χ1n) is 11.6. The van der Waals surface area contributed by atoms with E-state index in [1.165, 1.54) is 23.7 Å². The van der Waals surface area contributed by atoms with Crippen LogP contribution in [0.4, 0.5) is 4.79 Å². The molecule has 0 aliphatic rings. The second kappa shape index (κ2) is 14.0. The maximum absolute atomic E-state index is 13.4. The van der Waals surface area contributed by atoms with Crippen LogP contribution in [0.3, 0.4) is 0 Å². The van der Waals surface area contributed by atoms with E-state index in [1.54, 1.807) is 27.0 Å². The topological polar surface area (TPSA) is 125 Å². The summed E-state index contributed by atoms with van der Waals surface area (Å²) in [5.41, 5.74) is 0.0638. The summed E-state index contributed by atoms with van der Waals surface area (Å²) in [6, 6.07) is 6.11. The fourth-order valence-corrected chi connectivity index (χ4v) is 3.85. The third kappa shape index (κ3) is 11.0. The molecular weight excluding hydrogens is 470 g/mol. The standard InChI is InChI=1S/C25H39N3O6S/c1-16(2)13-20(28(6)24(33)34-25(3,4)5)22(30)26-18(14-17-11-9-8-10-12-17)21(29)27-19(15-35-7)23(31)32/h8-12,16,18-20H,13-15H2,1-7H3,(H,26,30)(H,27,29)(H,31,32)/t18-,19-,20-/m0/s1. The Bertz CT molecular complexity index is 857. The minimum atomic E-state index is -1.15. The monoisotopic (exact) mass is 509 g/mol. The fourth-order valence-electron chi connectivity index (χ4n) is 3.29. The Morgan fingerprint density at radius 2 is 1.60 bits per heavy atom. The van der Waals surface area contributed by atoms with Crippen molar-refractivity contribution in [3.05, 3.63) is 35.9 Å². The zero-order chi connectivity index (χ0) is 26.8. The Labute approximate surface area is 212 Å². The van der Waals surface area contributed by atoms with Gasteiger partial charge in [0.05, 0.1) is 0 Å². The largest absolute Gasteiger partial charge is 0.480 e. The van der Waals surface area contributed by atoms with Crippen molar-refractivity contribution in [2.45, 2.75) is 71.2 Å². The average Bonchev–Trinajstić information content (AvgIpc) is 2.75. The molecular formula is C25H39N3O6S. The SMILES string of the molecule is CSC[C@H](NC(=O)[C@H](Cc1ccccc1)NC(=O)[C@H](CC(C)C)N(C)C(=O)OC(C)(C)C)C(=O)O. The molecule has 3 amide bonds. The molecule has 0 saturated heterocycles. The van der Waals surface area contributed by atoms with Crippen LogP contribution in [0.25, 0.3) is 0 Å². The molecule has 0 radical (unpaired) electrons. The van der Waals surface area contributed by atoms with Crippen molar-refractivity contribution in [2.24, 2.45) is 5.92 Å². The van der Waals surface area contributed by atoms with Crippen molar-refractivity contribution in [1.29, 1.82) is 0 Å². The molecule has 0 unspecified atom stereocenters. The lowest BCUT2D eigenvalue weighted by molar-refractivity contribution is -0.141. The first kappa shape index (κ1) is 30.3. The van der Waals surface area contributed by atoms with Crippen LogP contribution in [0, 0.1) is 5.92 Å². The maximum Gasteiger partial charge on any atom is 0.410 e. The van der Waals surface area contributed by atoms with Gasteiger partial charge in [-0.15, -0.1) is 0 Å². The van der Waals surface area contributed by atoms with Crippen LogP contribution >= 0.6 is 11.8 Å². The second-order valence-corrected chi connectivity index (χ2v) is 10.8. The molecule has 1 aromatic carbocycles. The number of benzene rings is 1. The van der Waals surface area contributed by atoms with E-state index in [9.17, 15) is 24.3 Å². The number of aliphatic carboxylic acids is 1. The fraction of sp³-hybridized carbons (Fsp3) is 0.600. The van der Waals surface area contributed by atoms with E-state index >= 15 is 0 Å². The van der Waals surface area contributed by atoms with Crippen LogP contribution in [0.15, 0.2) is 30.3 Å². The molecule has 0 saturated carbocycles. The molecule has 9 nitrogen and oxygen atoms in total. The summed E-state index contributed by atoms with van der Waals surface area (Å²) < 4.78 is 5.43. The summed E-state index contributed by atoms with van der Waals surface area (Å²) in [6.45, 7) is 9.08. The lowest BCUT2D eigenvalue weighted by Crippen LogP contribution is -2.57. The van der Waals surface area contributed by atoms with Crippen LogP contribution < -0.4 is 10.6 Å². The third-order valence-corrected chi connectivity index (χ3v) is 5.68. The molecule has 0 aliphatic heterocycles. The van der Waals surface area contributed by atoms with Gasteiger partial charge in [0.15, 0.2) is 0 Å². The van der Waals surface area contributed by atoms with Gasteiger partial charge < -0.3 is 20.5 Å². The van der Waals surface area contributed by atoms with E-state index in [0.29, 0.717) is 6.42 Å². The summed E-state index contributed by atoms with van der Waals surface area (Å²) in [5, 5.41) is 14.7. The van der Waals surface area contributed by atoms with Crippen LogP contribution in [0.2, 0.25) is 0 Å². The van der Waals surface area contributed by atoms with Gasteiger partial charge in [0.25, 0.3) is 0 Å². The highest BCUT2D eigenvalue weighted by atomic mass is 32.2. The first-order valence-corrected chi connectivity index (χ1v) is 13.0. The molecule has 0 fully saturated rings. The van der Waals surface area contributed by atoms with Crippen LogP contribution in [-0.2, 0) is 25.5 Å². The average molecular weight is 510 g/mol. The Kier molecular flexibility index (Phi) is 12.1. The molecule has 1 aromatic rings. The third-order valence-electron chi connectivity index (χ3n) is 5.01. The van der Waals surface area contributed by atoms with Gasteiger partial charge in [-0.3, -0.25) is 14.5 Å².